The van der Waals surface area contributed by atoms with Crippen LogP contribution in [0, 0.1) is 0 Å². The van der Waals surface area contributed by atoms with Crippen molar-refractivity contribution in [1.82, 2.24) is 9.55 Å². The summed E-state index contributed by atoms with van der Waals surface area (Å²) in [4.78, 5) is 3.58. The van der Waals surface area contributed by atoms with Gasteiger partial charge >= 0.3 is 0 Å². The van der Waals surface area contributed by atoms with Crippen molar-refractivity contribution in [3.05, 3.63) is 115 Å². The van der Waals surface area contributed by atoms with Crippen LogP contribution in [0.4, 0.5) is 0 Å². The summed E-state index contributed by atoms with van der Waals surface area (Å²) < 4.78 is 2.28. The molecule has 164 valence electrons. The Balaban J connectivity index is 1.54. The largest absolute Gasteiger partial charge is 0.354 e. The molecule has 0 aliphatic heterocycles. The Hall–Kier alpha value is -4.30. The van der Waals surface area contributed by atoms with Gasteiger partial charge in [-0.15, -0.1) is 0 Å². The molecule has 2 aromatic heterocycles. The highest BCUT2D eigenvalue weighted by atomic mass is 14.9. The summed E-state index contributed by atoms with van der Waals surface area (Å²) >= 11 is 0. The zero-order chi connectivity index (χ0) is 23.2. The summed E-state index contributed by atoms with van der Waals surface area (Å²) in [6.07, 6.45) is 8.12. The topological polar surface area (TPSA) is 20.7 Å². The summed E-state index contributed by atoms with van der Waals surface area (Å²) in [6, 6.07) is 28.7. The van der Waals surface area contributed by atoms with E-state index < -0.39 is 0 Å². The number of fused-ring (bicyclic) bond motifs is 6. The zero-order valence-electron chi connectivity index (χ0n) is 19.5. The molecular weight excluding hydrogens is 412 g/mol. The van der Waals surface area contributed by atoms with Gasteiger partial charge in [-0.2, -0.15) is 0 Å². The van der Waals surface area contributed by atoms with Crippen LogP contribution in [0.1, 0.15) is 12.5 Å². The number of allylic oxidation sites excluding steroid dienone is 5. The molecule has 2 nitrogen and oxygen atoms in total. The smallest absolute Gasteiger partial charge is 0.0489 e. The number of hydrogen-bond donors (Lipinski definition) is 1. The predicted molar refractivity (Wildman–Crippen MR) is 148 cm³/mol. The minimum atomic E-state index is 1.16. The Labute approximate surface area is 199 Å². The molecule has 2 heteroatoms. The van der Waals surface area contributed by atoms with Crippen molar-refractivity contribution < 1.29 is 0 Å². The van der Waals surface area contributed by atoms with Crippen LogP contribution in [0.3, 0.4) is 0 Å². The molecule has 1 N–H and O–H groups in total. The molecule has 0 aliphatic rings. The van der Waals surface area contributed by atoms with Gasteiger partial charge in [0.2, 0.25) is 0 Å². The van der Waals surface area contributed by atoms with E-state index in [1.165, 1.54) is 60.3 Å². The summed E-state index contributed by atoms with van der Waals surface area (Å²) in [7, 11) is 2.15. The molecule has 0 fully saturated rings. The van der Waals surface area contributed by atoms with Gasteiger partial charge in [-0.25, -0.2) is 0 Å². The Morgan fingerprint density at radius 1 is 0.765 bits per heavy atom. The van der Waals surface area contributed by atoms with Crippen LogP contribution < -0.4 is 0 Å². The maximum Gasteiger partial charge on any atom is 0.0489 e. The average molecular weight is 439 g/mol. The van der Waals surface area contributed by atoms with Crippen molar-refractivity contribution in [3.63, 3.8) is 0 Å². The fourth-order valence-electron chi connectivity index (χ4n) is 5.17. The first kappa shape index (κ1) is 20.3. The number of nitrogens with zero attached hydrogens (tertiary/aromatic N) is 1. The summed E-state index contributed by atoms with van der Waals surface area (Å²) in [6.45, 7) is 5.93. The van der Waals surface area contributed by atoms with E-state index in [0.717, 1.165) is 5.57 Å². The first-order valence-electron chi connectivity index (χ1n) is 11.7. The zero-order valence-corrected chi connectivity index (χ0v) is 19.5. The SMILES string of the molecule is C=C/C=C(\C=C/C)c1ccc2c(c1)c1cc(-c3ccc4c(c3)[nH]c3ccccc34)ccc1n2C. The lowest BCUT2D eigenvalue weighted by Gasteiger charge is -2.05. The molecule has 2 heterocycles. The highest BCUT2D eigenvalue weighted by molar-refractivity contribution is 6.11. The van der Waals surface area contributed by atoms with Crippen molar-refractivity contribution >= 4 is 49.2 Å². The standard InChI is InChI=1S/C32H26N2/c1-4-8-21(9-5-2)22-13-16-31-27(18-22)28-19-23(14-17-32(28)34(31)3)24-12-15-26-25-10-6-7-11-29(25)33-30(26)20-24/h4-20,33H,1H2,2-3H3/b9-5-,21-8+. The molecule has 34 heavy (non-hydrogen) atoms. The monoisotopic (exact) mass is 438 g/mol. The number of aryl methyl sites for hydroxylation is 1. The first-order valence-corrected chi connectivity index (χ1v) is 11.7. The molecule has 0 spiro atoms. The van der Waals surface area contributed by atoms with E-state index in [0.29, 0.717) is 0 Å². The Bertz CT molecular complexity index is 1790. The van der Waals surface area contributed by atoms with Crippen LogP contribution in [0.15, 0.2) is 110 Å². The van der Waals surface area contributed by atoms with Crippen molar-refractivity contribution in [2.45, 2.75) is 6.92 Å². The molecule has 0 radical (unpaired) electrons. The van der Waals surface area contributed by atoms with Crippen LogP contribution >= 0.6 is 0 Å². The van der Waals surface area contributed by atoms with Gasteiger partial charge in [-0.05, 0) is 65.6 Å². The molecule has 0 atom stereocenters. The van der Waals surface area contributed by atoms with E-state index in [1.807, 2.05) is 13.0 Å². The Morgan fingerprint density at radius 3 is 2.29 bits per heavy atom. The van der Waals surface area contributed by atoms with Gasteiger partial charge in [0, 0.05) is 50.7 Å². The van der Waals surface area contributed by atoms with Crippen molar-refractivity contribution in [2.75, 3.05) is 0 Å². The maximum atomic E-state index is 3.89. The number of benzene rings is 4. The van der Waals surface area contributed by atoms with Crippen molar-refractivity contribution in [3.8, 4) is 11.1 Å². The van der Waals surface area contributed by atoms with E-state index in [2.05, 4.69) is 120 Å². The third-order valence-corrected chi connectivity index (χ3v) is 6.82. The minimum absolute atomic E-state index is 1.16. The third kappa shape index (κ3) is 3.11. The van der Waals surface area contributed by atoms with Crippen LogP contribution in [0.2, 0.25) is 0 Å². The van der Waals surface area contributed by atoms with Gasteiger partial charge in [0.1, 0.15) is 0 Å². The fourth-order valence-corrected chi connectivity index (χ4v) is 5.17. The second-order valence-electron chi connectivity index (χ2n) is 8.81. The van der Waals surface area contributed by atoms with Gasteiger partial charge in [0.05, 0.1) is 0 Å². The molecule has 0 amide bonds. The lowest BCUT2D eigenvalue weighted by molar-refractivity contribution is 1.01. The second-order valence-corrected chi connectivity index (χ2v) is 8.81. The maximum absolute atomic E-state index is 3.89. The first-order chi connectivity index (χ1) is 16.7. The summed E-state index contributed by atoms with van der Waals surface area (Å²) in [5.41, 5.74) is 9.63. The number of nitrogens with one attached hydrogen (secondary N) is 1. The molecule has 0 saturated carbocycles. The molecule has 0 saturated heterocycles. The van der Waals surface area contributed by atoms with E-state index in [1.54, 1.807) is 0 Å². The van der Waals surface area contributed by atoms with Gasteiger partial charge in [0.15, 0.2) is 0 Å². The van der Waals surface area contributed by atoms with Gasteiger partial charge in [-0.3, -0.25) is 0 Å². The van der Waals surface area contributed by atoms with Crippen LogP contribution in [0.5, 0.6) is 0 Å². The number of rotatable bonds is 4. The normalized spacial score (nSPS) is 12.6. The van der Waals surface area contributed by atoms with E-state index in [-0.39, 0.29) is 0 Å². The van der Waals surface area contributed by atoms with Gasteiger partial charge in [0.25, 0.3) is 0 Å². The molecule has 6 rings (SSSR count). The van der Waals surface area contributed by atoms with Gasteiger partial charge in [-0.1, -0.05) is 73.3 Å². The molecule has 4 aromatic carbocycles. The fraction of sp³-hybridized carbons (Fsp3) is 0.0625. The molecule has 0 aliphatic carbocycles. The van der Waals surface area contributed by atoms with E-state index >= 15 is 0 Å². The molecule has 0 bridgehead atoms. The highest BCUT2D eigenvalue weighted by Crippen LogP contribution is 2.35. The molecule has 6 aromatic rings. The quantitative estimate of drug-likeness (QED) is 0.266. The van der Waals surface area contributed by atoms with E-state index in [4.69, 9.17) is 0 Å². The van der Waals surface area contributed by atoms with Crippen LogP contribution in [-0.4, -0.2) is 9.55 Å². The van der Waals surface area contributed by atoms with E-state index in [9.17, 15) is 0 Å². The summed E-state index contributed by atoms with van der Waals surface area (Å²) in [5, 5.41) is 5.07. The minimum Gasteiger partial charge on any atom is -0.354 e. The van der Waals surface area contributed by atoms with Crippen molar-refractivity contribution in [1.29, 1.82) is 0 Å². The highest BCUT2D eigenvalue weighted by Gasteiger charge is 2.12. The predicted octanol–water partition coefficient (Wildman–Crippen LogP) is 8.78. The summed E-state index contributed by atoms with van der Waals surface area (Å²) in [5.74, 6) is 0. The molecular formula is C32H26N2. The second kappa shape index (κ2) is 7.93. The third-order valence-electron chi connectivity index (χ3n) is 6.82. The van der Waals surface area contributed by atoms with Crippen LogP contribution in [0.25, 0.3) is 60.3 Å². The Morgan fingerprint density at radius 2 is 1.47 bits per heavy atom. The van der Waals surface area contributed by atoms with Crippen LogP contribution in [-0.2, 0) is 7.05 Å². The number of aromatic nitrogens is 2. The lowest BCUT2D eigenvalue weighted by atomic mass is 9.99. The lowest BCUT2D eigenvalue weighted by Crippen LogP contribution is -1.87. The number of hydrogen-bond acceptors (Lipinski definition) is 0. The number of para-hydroxylation sites is 1. The van der Waals surface area contributed by atoms with Gasteiger partial charge < -0.3 is 9.55 Å². The number of H-pyrrole nitrogens is 1. The Kier molecular flexibility index (Phi) is 4.74. The van der Waals surface area contributed by atoms with Crippen molar-refractivity contribution in [2.24, 2.45) is 7.05 Å². The average Bonchev–Trinajstić information content (AvgIpc) is 3.38. The number of aromatic amines is 1. The molecule has 0 unspecified atom stereocenters.